The molecule has 40 heavy (non-hydrogen) atoms. The highest BCUT2D eigenvalue weighted by molar-refractivity contribution is 7.10. The molecule has 1 amide bonds. The van der Waals surface area contributed by atoms with E-state index in [1.54, 1.807) is 18.4 Å². The predicted octanol–water partition coefficient (Wildman–Crippen LogP) is 5.99. The minimum Gasteiger partial charge on any atom is -0.385 e. The second kappa shape index (κ2) is 13.1. The number of aryl methyl sites for hydroxylation is 1. The van der Waals surface area contributed by atoms with Gasteiger partial charge in [-0.15, -0.1) is 11.3 Å². The molecule has 0 bridgehead atoms. The summed E-state index contributed by atoms with van der Waals surface area (Å²) in [5, 5.41) is 3.28. The van der Waals surface area contributed by atoms with Gasteiger partial charge >= 0.3 is 0 Å². The molecule has 0 aliphatic carbocycles. The van der Waals surface area contributed by atoms with Crippen molar-refractivity contribution in [2.24, 2.45) is 5.73 Å². The Morgan fingerprint density at radius 1 is 1.15 bits per heavy atom. The normalized spacial score (nSPS) is 16.6. The molecule has 212 valence electrons. The Balaban J connectivity index is 1.20. The van der Waals surface area contributed by atoms with E-state index in [1.165, 1.54) is 0 Å². The van der Waals surface area contributed by atoms with Crippen LogP contribution in [0.1, 0.15) is 67.8 Å². The number of imidazole rings is 1. The molecule has 0 spiro atoms. The first-order chi connectivity index (χ1) is 19.4. The SMILES string of the molecule is COCCCn1c(C2CCCN(C(=O)CC(N)Cc3ccc(-c4csc(C(C)C)n4)cc3)C2)nc2ccccc21. The molecule has 2 N–H and O–H groups in total. The van der Waals surface area contributed by atoms with Crippen LogP contribution in [0.25, 0.3) is 22.3 Å². The van der Waals surface area contributed by atoms with E-state index in [0.717, 1.165) is 71.0 Å². The summed E-state index contributed by atoms with van der Waals surface area (Å²) in [7, 11) is 1.74. The number of amides is 1. The van der Waals surface area contributed by atoms with E-state index in [9.17, 15) is 4.79 Å². The number of piperidine rings is 1. The van der Waals surface area contributed by atoms with Gasteiger partial charge in [0.15, 0.2) is 0 Å². The predicted molar refractivity (Wildman–Crippen MR) is 163 cm³/mol. The summed E-state index contributed by atoms with van der Waals surface area (Å²) in [6.45, 7) is 7.39. The Morgan fingerprint density at radius 3 is 2.70 bits per heavy atom. The van der Waals surface area contributed by atoms with Gasteiger partial charge in [0, 0.05) is 68.6 Å². The van der Waals surface area contributed by atoms with Crippen LogP contribution < -0.4 is 5.73 Å². The molecule has 1 saturated heterocycles. The number of ether oxygens (including phenoxy) is 1. The zero-order chi connectivity index (χ0) is 28.1. The van der Waals surface area contributed by atoms with E-state index in [0.29, 0.717) is 31.9 Å². The number of fused-ring (bicyclic) bond motifs is 1. The molecule has 1 fully saturated rings. The fraction of sp³-hybridized carbons (Fsp3) is 0.469. The van der Waals surface area contributed by atoms with E-state index in [-0.39, 0.29) is 17.9 Å². The zero-order valence-electron chi connectivity index (χ0n) is 23.9. The number of hydrogen-bond acceptors (Lipinski definition) is 6. The van der Waals surface area contributed by atoms with Crippen molar-refractivity contribution < 1.29 is 9.53 Å². The van der Waals surface area contributed by atoms with Gasteiger partial charge < -0.3 is 19.9 Å². The number of hydrogen-bond donors (Lipinski definition) is 1. The summed E-state index contributed by atoms with van der Waals surface area (Å²) in [4.78, 5) is 25.1. The maximum Gasteiger partial charge on any atom is 0.224 e. The monoisotopic (exact) mass is 559 g/mol. The van der Waals surface area contributed by atoms with Crippen LogP contribution in [-0.4, -0.2) is 58.2 Å². The molecule has 1 aliphatic heterocycles. The van der Waals surface area contributed by atoms with Crippen molar-refractivity contribution in [1.29, 1.82) is 0 Å². The number of benzene rings is 2. The van der Waals surface area contributed by atoms with Crippen molar-refractivity contribution >= 4 is 28.3 Å². The lowest BCUT2D eigenvalue weighted by atomic mass is 9.95. The second-order valence-electron chi connectivity index (χ2n) is 11.2. The summed E-state index contributed by atoms with van der Waals surface area (Å²) >= 11 is 1.71. The summed E-state index contributed by atoms with van der Waals surface area (Å²) in [6.07, 6.45) is 3.96. The number of aromatic nitrogens is 3. The summed E-state index contributed by atoms with van der Waals surface area (Å²) in [6, 6.07) is 16.5. The highest BCUT2D eigenvalue weighted by Crippen LogP contribution is 2.30. The van der Waals surface area contributed by atoms with Crippen molar-refractivity contribution in [1.82, 2.24) is 19.4 Å². The molecule has 3 heterocycles. The Bertz CT molecular complexity index is 1410. The summed E-state index contributed by atoms with van der Waals surface area (Å²) in [5.74, 6) is 1.88. The molecule has 1 aliphatic rings. The topological polar surface area (TPSA) is 86.3 Å². The van der Waals surface area contributed by atoms with Gasteiger partial charge in [0.05, 0.1) is 21.7 Å². The van der Waals surface area contributed by atoms with Crippen LogP contribution in [0.5, 0.6) is 0 Å². The number of likely N-dealkylation sites (tertiary alicyclic amines) is 1. The highest BCUT2D eigenvalue weighted by Gasteiger charge is 2.29. The molecule has 4 aromatic rings. The Morgan fingerprint density at radius 2 is 1.95 bits per heavy atom. The number of rotatable bonds is 11. The number of nitrogens with zero attached hydrogens (tertiary/aromatic N) is 4. The van der Waals surface area contributed by atoms with Crippen LogP contribution in [0.4, 0.5) is 0 Å². The first-order valence-corrected chi connectivity index (χ1v) is 15.3. The van der Waals surface area contributed by atoms with Gasteiger partial charge in [-0.1, -0.05) is 50.2 Å². The molecule has 2 aromatic heterocycles. The number of thiazole rings is 1. The lowest BCUT2D eigenvalue weighted by Crippen LogP contribution is -2.42. The average molecular weight is 560 g/mol. The first-order valence-electron chi connectivity index (χ1n) is 14.4. The highest BCUT2D eigenvalue weighted by atomic mass is 32.1. The largest absolute Gasteiger partial charge is 0.385 e. The van der Waals surface area contributed by atoms with Gasteiger partial charge in [0.1, 0.15) is 5.82 Å². The summed E-state index contributed by atoms with van der Waals surface area (Å²) < 4.78 is 7.63. The minimum absolute atomic E-state index is 0.138. The van der Waals surface area contributed by atoms with Gasteiger partial charge in [0.2, 0.25) is 5.91 Å². The quantitative estimate of drug-likeness (QED) is 0.228. The lowest BCUT2D eigenvalue weighted by molar-refractivity contribution is -0.132. The third-order valence-electron chi connectivity index (χ3n) is 7.75. The third kappa shape index (κ3) is 6.62. The standard InChI is InChI=1S/C32H41N5O2S/c1-22(2)32-35-28(21-40-32)24-13-11-23(12-14-24)18-26(33)19-30(38)36-15-6-8-25(20-36)31-34-27-9-4-5-10-29(27)37(31)16-7-17-39-3/h4-5,9-14,21-22,25-26H,6-8,15-20,33H2,1-3H3. The number of nitrogens with two attached hydrogens (primary N) is 1. The third-order valence-corrected chi connectivity index (χ3v) is 8.90. The second-order valence-corrected chi connectivity index (χ2v) is 12.1. The fourth-order valence-electron chi connectivity index (χ4n) is 5.65. The van der Waals surface area contributed by atoms with Crippen LogP contribution in [0, 0.1) is 0 Å². The molecule has 0 radical (unpaired) electrons. The molecule has 0 saturated carbocycles. The van der Waals surface area contributed by atoms with Gasteiger partial charge in [-0.05, 0) is 43.4 Å². The maximum atomic E-state index is 13.3. The van der Waals surface area contributed by atoms with Gasteiger partial charge in [-0.3, -0.25) is 4.79 Å². The van der Waals surface area contributed by atoms with Gasteiger partial charge in [0.25, 0.3) is 0 Å². The Labute approximate surface area is 241 Å². The molecule has 2 atom stereocenters. The molecular formula is C32H41N5O2S. The van der Waals surface area contributed by atoms with Crippen LogP contribution >= 0.6 is 11.3 Å². The van der Waals surface area contributed by atoms with Crippen molar-refractivity contribution in [2.45, 2.75) is 70.4 Å². The van der Waals surface area contributed by atoms with Crippen LogP contribution in [-0.2, 0) is 22.5 Å². The maximum absolute atomic E-state index is 13.3. The number of methoxy groups -OCH3 is 1. The lowest BCUT2D eigenvalue weighted by Gasteiger charge is -2.33. The molecule has 5 rings (SSSR count). The zero-order valence-corrected chi connectivity index (χ0v) is 24.7. The summed E-state index contributed by atoms with van der Waals surface area (Å²) in [5.41, 5.74) is 11.9. The minimum atomic E-state index is -0.218. The average Bonchev–Trinajstić information content (AvgIpc) is 3.60. The van der Waals surface area contributed by atoms with Gasteiger partial charge in [-0.2, -0.15) is 0 Å². The van der Waals surface area contributed by atoms with Crippen molar-refractivity contribution in [3.8, 4) is 11.3 Å². The Kier molecular flexibility index (Phi) is 9.29. The fourth-order valence-corrected chi connectivity index (χ4v) is 6.49. The van der Waals surface area contributed by atoms with Crippen LogP contribution in [0.15, 0.2) is 53.9 Å². The van der Waals surface area contributed by atoms with Crippen LogP contribution in [0.3, 0.4) is 0 Å². The molecule has 2 aromatic carbocycles. The van der Waals surface area contributed by atoms with Crippen molar-refractivity contribution in [3.05, 3.63) is 70.3 Å². The number of carbonyl (C=O) groups excluding carboxylic acids is 1. The van der Waals surface area contributed by atoms with E-state index >= 15 is 0 Å². The molecule has 8 heteroatoms. The molecule has 2 unspecified atom stereocenters. The van der Waals surface area contributed by atoms with Crippen LogP contribution in [0.2, 0.25) is 0 Å². The number of carbonyl (C=O) groups is 1. The number of para-hydroxylation sites is 2. The van der Waals surface area contributed by atoms with E-state index in [1.807, 2.05) is 11.0 Å². The van der Waals surface area contributed by atoms with Gasteiger partial charge in [-0.25, -0.2) is 9.97 Å². The smallest absolute Gasteiger partial charge is 0.224 e. The Hall–Kier alpha value is -3.07. The van der Waals surface area contributed by atoms with Crippen molar-refractivity contribution in [3.63, 3.8) is 0 Å². The molecular weight excluding hydrogens is 518 g/mol. The van der Waals surface area contributed by atoms with E-state index < -0.39 is 0 Å². The molecule has 7 nitrogen and oxygen atoms in total. The van der Waals surface area contributed by atoms with E-state index in [2.05, 4.69) is 66.3 Å². The van der Waals surface area contributed by atoms with E-state index in [4.69, 9.17) is 20.4 Å². The van der Waals surface area contributed by atoms with Crippen molar-refractivity contribution in [2.75, 3.05) is 26.8 Å². The first kappa shape index (κ1) is 28.5.